The summed E-state index contributed by atoms with van der Waals surface area (Å²) in [4.78, 5) is 0. The predicted octanol–water partition coefficient (Wildman–Crippen LogP) is 4.23. The summed E-state index contributed by atoms with van der Waals surface area (Å²) in [5.41, 5.74) is 1.45. The van der Waals surface area contributed by atoms with E-state index in [1.807, 2.05) is 11.3 Å². The molecule has 0 nitrogen and oxygen atoms in total. The van der Waals surface area contributed by atoms with Crippen LogP contribution in [0.4, 0.5) is 0 Å². The minimum atomic E-state index is 1.11. The molecule has 12 heavy (non-hydrogen) atoms. The number of halogens is 1. The summed E-state index contributed by atoms with van der Waals surface area (Å²) < 4.78 is 2.60. The lowest BCUT2D eigenvalue weighted by atomic mass is 10.1. The van der Waals surface area contributed by atoms with Crippen molar-refractivity contribution in [2.75, 3.05) is 0 Å². The maximum atomic E-state index is 3.57. The van der Waals surface area contributed by atoms with Gasteiger partial charge in [-0.3, -0.25) is 0 Å². The van der Waals surface area contributed by atoms with Gasteiger partial charge in [-0.05, 0) is 29.5 Å². The molecule has 2 aromatic rings. The molecule has 0 saturated heterocycles. The highest BCUT2D eigenvalue weighted by Gasteiger charge is 2.04. The fourth-order valence-electron chi connectivity index (χ4n) is 1.37. The Morgan fingerprint density at radius 3 is 3.00 bits per heavy atom. The topological polar surface area (TPSA) is 0 Å². The van der Waals surface area contributed by atoms with Gasteiger partial charge in [-0.15, -0.1) is 11.3 Å². The van der Waals surface area contributed by atoms with Gasteiger partial charge in [0.1, 0.15) is 0 Å². The number of benzene rings is 1. The average molecular weight is 241 g/mol. The molecule has 62 valence electrons. The molecule has 0 saturated carbocycles. The zero-order chi connectivity index (χ0) is 8.55. The minimum Gasteiger partial charge on any atom is -0.143 e. The zero-order valence-electron chi connectivity index (χ0n) is 6.80. The molecule has 0 aliphatic rings. The third-order valence-corrected chi connectivity index (χ3v) is 3.66. The normalized spacial score (nSPS) is 10.8. The Bertz CT molecular complexity index is 403. The van der Waals surface area contributed by atoms with E-state index in [-0.39, 0.29) is 0 Å². The third-order valence-electron chi connectivity index (χ3n) is 2.01. The van der Waals surface area contributed by atoms with Gasteiger partial charge in [0.2, 0.25) is 0 Å². The van der Waals surface area contributed by atoms with Gasteiger partial charge in [-0.1, -0.05) is 28.9 Å². The second kappa shape index (κ2) is 3.19. The molecule has 0 unspecified atom stereocenters. The van der Waals surface area contributed by atoms with E-state index in [0.29, 0.717) is 0 Å². The molecule has 2 rings (SSSR count). The van der Waals surface area contributed by atoms with Crippen LogP contribution < -0.4 is 0 Å². The summed E-state index contributed by atoms with van der Waals surface area (Å²) in [6.45, 7) is 2.20. The van der Waals surface area contributed by atoms with Crippen molar-refractivity contribution >= 4 is 37.4 Å². The minimum absolute atomic E-state index is 1.11. The highest BCUT2D eigenvalue weighted by atomic mass is 79.9. The summed E-state index contributed by atoms with van der Waals surface area (Å²) in [6, 6.07) is 6.36. The lowest BCUT2D eigenvalue weighted by Crippen LogP contribution is -1.75. The van der Waals surface area contributed by atoms with Crippen molar-refractivity contribution in [3.8, 4) is 0 Å². The molecule has 1 aromatic carbocycles. The van der Waals surface area contributed by atoms with Crippen LogP contribution in [0, 0.1) is 0 Å². The van der Waals surface area contributed by atoms with Gasteiger partial charge in [0.15, 0.2) is 0 Å². The van der Waals surface area contributed by atoms with Crippen LogP contribution in [-0.2, 0) is 6.42 Å². The number of fused-ring (bicyclic) bond motifs is 1. The molecule has 0 N–H and O–H groups in total. The molecule has 0 aliphatic carbocycles. The first-order valence-corrected chi connectivity index (χ1v) is 5.64. The molecular weight excluding hydrogens is 232 g/mol. The fourth-order valence-corrected chi connectivity index (χ4v) is 3.19. The van der Waals surface area contributed by atoms with E-state index in [2.05, 4.69) is 46.4 Å². The van der Waals surface area contributed by atoms with Crippen LogP contribution in [0.1, 0.15) is 12.5 Å². The first-order valence-electron chi connectivity index (χ1n) is 3.97. The molecule has 0 bridgehead atoms. The molecular formula is C10H9BrS. The quantitative estimate of drug-likeness (QED) is 0.701. The number of aryl methyl sites for hydroxylation is 1. The molecule has 0 spiro atoms. The van der Waals surface area contributed by atoms with Gasteiger partial charge in [0.05, 0.1) is 0 Å². The second-order valence-corrected chi connectivity index (χ2v) is 4.49. The van der Waals surface area contributed by atoms with Gasteiger partial charge < -0.3 is 0 Å². The van der Waals surface area contributed by atoms with Crippen molar-refractivity contribution in [3.05, 3.63) is 33.6 Å². The van der Waals surface area contributed by atoms with Crippen molar-refractivity contribution in [2.45, 2.75) is 13.3 Å². The highest BCUT2D eigenvalue weighted by molar-refractivity contribution is 9.10. The van der Waals surface area contributed by atoms with E-state index in [4.69, 9.17) is 0 Å². The van der Waals surface area contributed by atoms with Gasteiger partial charge in [-0.25, -0.2) is 0 Å². The van der Waals surface area contributed by atoms with E-state index in [9.17, 15) is 0 Å². The van der Waals surface area contributed by atoms with Crippen LogP contribution in [0.25, 0.3) is 10.1 Å². The maximum Gasteiger partial charge on any atom is 0.0356 e. The van der Waals surface area contributed by atoms with Gasteiger partial charge >= 0.3 is 0 Å². The maximum absolute atomic E-state index is 3.57. The lowest BCUT2D eigenvalue weighted by molar-refractivity contribution is 1.17. The van der Waals surface area contributed by atoms with Crippen molar-refractivity contribution in [1.29, 1.82) is 0 Å². The molecule has 0 aliphatic heterocycles. The summed E-state index contributed by atoms with van der Waals surface area (Å²) >= 11 is 5.40. The van der Waals surface area contributed by atoms with Crippen molar-refractivity contribution < 1.29 is 0 Å². The standard InChI is InChI=1S/C10H9BrS/c1-2-7-6-12-9-5-3-4-8(11)10(7)9/h3-6H,2H2,1H3. The van der Waals surface area contributed by atoms with E-state index in [0.717, 1.165) is 6.42 Å². The molecule has 0 radical (unpaired) electrons. The van der Waals surface area contributed by atoms with E-state index < -0.39 is 0 Å². The van der Waals surface area contributed by atoms with Crippen LogP contribution in [-0.4, -0.2) is 0 Å². The average Bonchev–Trinajstić information content (AvgIpc) is 2.49. The highest BCUT2D eigenvalue weighted by Crippen LogP contribution is 2.32. The molecule has 2 heteroatoms. The van der Waals surface area contributed by atoms with Crippen LogP contribution in [0.5, 0.6) is 0 Å². The number of hydrogen-bond acceptors (Lipinski definition) is 1. The van der Waals surface area contributed by atoms with Gasteiger partial charge in [-0.2, -0.15) is 0 Å². The Labute approximate surface area is 84.4 Å². The molecule has 1 aromatic heterocycles. The Kier molecular flexibility index (Phi) is 2.20. The number of thiophene rings is 1. The van der Waals surface area contributed by atoms with Crippen LogP contribution in [0.2, 0.25) is 0 Å². The Morgan fingerprint density at radius 1 is 1.42 bits per heavy atom. The molecule has 0 atom stereocenters. The lowest BCUT2D eigenvalue weighted by Gasteiger charge is -1.96. The molecule has 1 heterocycles. The van der Waals surface area contributed by atoms with Crippen molar-refractivity contribution in [2.24, 2.45) is 0 Å². The van der Waals surface area contributed by atoms with Crippen LogP contribution in [0.15, 0.2) is 28.1 Å². The Balaban J connectivity index is 2.83. The van der Waals surface area contributed by atoms with Crippen molar-refractivity contribution in [3.63, 3.8) is 0 Å². The summed E-state index contributed by atoms with van der Waals surface area (Å²) in [5, 5.41) is 3.64. The monoisotopic (exact) mass is 240 g/mol. The molecule has 0 amide bonds. The largest absolute Gasteiger partial charge is 0.143 e. The van der Waals surface area contributed by atoms with Crippen LogP contribution >= 0.6 is 27.3 Å². The van der Waals surface area contributed by atoms with Gasteiger partial charge in [0.25, 0.3) is 0 Å². The third kappa shape index (κ3) is 1.19. The Morgan fingerprint density at radius 2 is 2.25 bits per heavy atom. The Hall–Kier alpha value is -0.340. The second-order valence-electron chi connectivity index (χ2n) is 2.73. The SMILES string of the molecule is CCc1csc2cccc(Br)c12. The van der Waals surface area contributed by atoms with Crippen molar-refractivity contribution in [1.82, 2.24) is 0 Å². The summed E-state index contributed by atoms with van der Waals surface area (Å²) in [6.07, 6.45) is 1.11. The zero-order valence-corrected chi connectivity index (χ0v) is 9.21. The number of hydrogen-bond donors (Lipinski definition) is 0. The van der Waals surface area contributed by atoms with E-state index in [1.165, 1.54) is 20.1 Å². The first-order chi connectivity index (χ1) is 5.83. The summed E-state index contributed by atoms with van der Waals surface area (Å²) in [5.74, 6) is 0. The van der Waals surface area contributed by atoms with E-state index in [1.54, 1.807) is 0 Å². The van der Waals surface area contributed by atoms with Gasteiger partial charge in [0, 0.05) is 14.6 Å². The first kappa shape index (κ1) is 8.27. The van der Waals surface area contributed by atoms with E-state index >= 15 is 0 Å². The smallest absolute Gasteiger partial charge is 0.0356 e. The van der Waals surface area contributed by atoms with Crippen LogP contribution in [0.3, 0.4) is 0 Å². The number of rotatable bonds is 1. The molecule has 0 fully saturated rings. The predicted molar refractivity (Wildman–Crippen MR) is 58.9 cm³/mol. The fraction of sp³-hybridized carbons (Fsp3) is 0.200. The summed E-state index contributed by atoms with van der Waals surface area (Å²) in [7, 11) is 0.